The van der Waals surface area contributed by atoms with Crippen LogP contribution in [0.2, 0.25) is 0 Å². The maximum Gasteiger partial charge on any atom is 0.269 e. The third kappa shape index (κ3) is 2.49. The molecule has 0 heterocycles. The van der Waals surface area contributed by atoms with Crippen LogP contribution in [-0.4, -0.2) is 29.0 Å². The summed E-state index contributed by atoms with van der Waals surface area (Å²) in [5.74, 6) is 0. The zero-order chi connectivity index (χ0) is 9.35. The quantitative estimate of drug-likeness (QED) is 0.553. The summed E-state index contributed by atoms with van der Waals surface area (Å²) in [6.07, 6.45) is 1.38. The molecule has 72 valence electrons. The molecule has 0 aromatic rings. The first-order valence-electron chi connectivity index (χ1n) is 3.65. The van der Waals surface area contributed by atoms with Crippen LogP contribution in [0.25, 0.3) is 0 Å². The van der Waals surface area contributed by atoms with Crippen LogP contribution in [0.3, 0.4) is 0 Å². The minimum absolute atomic E-state index is 0.0644. The van der Waals surface area contributed by atoms with E-state index in [1.807, 2.05) is 0 Å². The van der Waals surface area contributed by atoms with Gasteiger partial charge in [-0.25, -0.2) is 0 Å². The molecule has 0 amide bonds. The molecule has 12 heavy (non-hydrogen) atoms. The van der Waals surface area contributed by atoms with Crippen molar-refractivity contribution in [3.8, 4) is 0 Å². The SMILES string of the molecule is O=S(=O)(O)C1CCC(Cl)CC1Cl. The maximum absolute atomic E-state index is 10.7. The summed E-state index contributed by atoms with van der Waals surface area (Å²) in [6.45, 7) is 0. The molecule has 1 rings (SSSR count). The fourth-order valence-corrected chi connectivity index (χ4v) is 3.43. The fourth-order valence-electron chi connectivity index (χ4n) is 1.38. The normalized spacial score (nSPS) is 38.1. The van der Waals surface area contributed by atoms with Gasteiger partial charge in [0.1, 0.15) is 5.25 Å². The van der Waals surface area contributed by atoms with E-state index in [2.05, 4.69) is 0 Å². The Hall–Kier alpha value is 0.490. The number of hydrogen-bond acceptors (Lipinski definition) is 2. The molecule has 1 fully saturated rings. The molecule has 0 radical (unpaired) electrons. The summed E-state index contributed by atoms with van der Waals surface area (Å²) in [4.78, 5) is 0. The standard InChI is InChI=1S/C6H10Cl2O3S/c7-4-1-2-6(5(8)3-4)12(9,10)11/h4-6H,1-3H2,(H,9,10,11). The van der Waals surface area contributed by atoms with Gasteiger partial charge in [-0.1, -0.05) is 0 Å². The summed E-state index contributed by atoms with van der Waals surface area (Å²) in [7, 11) is -3.99. The van der Waals surface area contributed by atoms with Gasteiger partial charge < -0.3 is 0 Å². The monoisotopic (exact) mass is 232 g/mol. The molecule has 0 bridgehead atoms. The van der Waals surface area contributed by atoms with Gasteiger partial charge in [0.2, 0.25) is 0 Å². The van der Waals surface area contributed by atoms with Gasteiger partial charge in [0.15, 0.2) is 0 Å². The van der Waals surface area contributed by atoms with E-state index in [4.69, 9.17) is 27.8 Å². The molecule has 1 N–H and O–H groups in total. The Labute approximate surface area is 81.8 Å². The van der Waals surface area contributed by atoms with Crippen molar-refractivity contribution in [2.75, 3.05) is 0 Å². The van der Waals surface area contributed by atoms with E-state index in [9.17, 15) is 8.42 Å². The second kappa shape index (κ2) is 3.70. The second-order valence-corrected chi connectivity index (χ2v) is 5.79. The van der Waals surface area contributed by atoms with Crippen molar-refractivity contribution in [1.82, 2.24) is 0 Å². The lowest BCUT2D eigenvalue weighted by Gasteiger charge is -2.27. The Kier molecular flexibility index (Phi) is 3.26. The topological polar surface area (TPSA) is 54.4 Å². The van der Waals surface area contributed by atoms with Crippen LogP contribution in [-0.2, 0) is 10.1 Å². The summed E-state index contributed by atoms with van der Waals surface area (Å²) in [6, 6.07) is 0. The highest BCUT2D eigenvalue weighted by atomic mass is 35.5. The van der Waals surface area contributed by atoms with Crippen LogP contribution in [0, 0.1) is 0 Å². The molecule has 1 aliphatic carbocycles. The molecule has 3 unspecified atom stereocenters. The highest BCUT2D eigenvalue weighted by molar-refractivity contribution is 7.86. The zero-order valence-corrected chi connectivity index (χ0v) is 8.61. The summed E-state index contributed by atoms with van der Waals surface area (Å²) in [5.41, 5.74) is 0. The average molecular weight is 233 g/mol. The van der Waals surface area contributed by atoms with Crippen molar-refractivity contribution in [3.05, 3.63) is 0 Å². The minimum Gasteiger partial charge on any atom is -0.285 e. The number of hydrogen-bond donors (Lipinski definition) is 1. The number of alkyl halides is 2. The van der Waals surface area contributed by atoms with E-state index in [-0.39, 0.29) is 5.38 Å². The van der Waals surface area contributed by atoms with Crippen LogP contribution in [0.15, 0.2) is 0 Å². The molecule has 0 aromatic heterocycles. The highest BCUT2D eigenvalue weighted by Crippen LogP contribution is 2.30. The van der Waals surface area contributed by atoms with Crippen molar-refractivity contribution in [2.45, 2.75) is 35.3 Å². The van der Waals surface area contributed by atoms with Crippen LogP contribution in [0.1, 0.15) is 19.3 Å². The molecule has 1 saturated carbocycles. The molecule has 0 aliphatic heterocycles. The van der Waals surface area contributed by atoms with Gasteiger partial charge in [0, 0.05) is 5.38 Å². The minimum atomic E-state index is -3.99. The van der Waals surface area contributed by atoms with E-state index in [1.54, 1.807) is 0 Å². The fraction of sp³-hybridized carbons (Fsp3) is 1.00. The first kappa shape index (κ1) is 10.6. The van der Waals surface area contributed by atoms with Crippen LogP contribution >= 0.6 is 23.2 Å². The Morgan fingerprint density at radius 3 is 2.25 bits per heavy atom. The van der Waals surface area contributed by atoms with Gasteiger partial charge in [-0.05, 0) is 19.3 Å². The summed E-state index contributed by atoms with van der Waals surface area (Å²) >= 11 is 11.5. The third-order valence-electron chi connectivity index (χ3n) is 2.03. The van der Waals surface area contributed by atoms with Gasteiger partial charge >= 0.3 is 0 Å². The lowest BCUT2D eigenvalue weighted by molar-refractivity contribution is 0.431. The van der Waals surface area contributed by atoms with E-state index in [0.717, 1.165) is 0 Å². The van der Waals surface area contributed by atoms with Gasteiger partial charge in [0.25, 0.3) is 10.1 Å². The van der Waals surface area contributed by atoms with Gasteiger partial charge in [-0.2, -0.15) is 8.42 Å². The summed E-state index contributed by atoms with van der Waals surface area (Å²) < 4.78 is 30.2. The number of rotatable bonds is 1. The van der Waals surface area contributed by atoms with Crippen molar-refractivity contribution >= 4 is 33.3 Å². The average Bonchev–Trinajstić information content (AvgIpc) is 1.83. The Morgan fingerprint density at radius 1 is 1.25 bits per heavy atom. The van der Waals surface area contributed by atoms with E-state index < -0.39 is 20.7 Å². The van der Waals surface area contributed by atoms with Crippen LogP contribution in [0.5, 0.6) is 0 Å². The molecule has 0 aromatic carbocycles. The predicted molar refractivity (Wildman–Crippen MR) is 48.5 cm³/mol. The first-order chi connectivity index (χ1) is 5.41. The molecule has 6 heteroatoms. The van der Waals surface area contributed by atoms with Crippen molar-refractivity contribution in [1.29, 1.82) is 0 Å². The molecule has 0 saturated heterocycles. The smallest absolute Gasteiger partial charge is 0.269 e. The number of halogens is 2. The lowest BCUT2D eigenvalue weighted by atomic mass is 9.99. The molecular weight excluding hydrogens is 223 g/mol. The van der Waals surface area contributed by atoms with Crippen LogP contribution < -0.4 is 0 Å². The zero-order valence-electron chi connectivity index (χ0n) is 6.28. The molecule has 3 nitrogen and oxygen atoms in total. The highest BCUT2D eigenvalue weighted by Gasteiger charge is 2.36. The first-order valence-corrected chi connectivity index (χ1v) is 6.03. The lowest BCUT2D eigenvalue weighted by Crippen LogP contribution is -2.36. The maximum atomic E-state index is 10.7. The van der Waals surface area contributed by atoms with Gasteiger partial charge in [-0.3, -0.25) is 4.55 Å². The van der Waals surface area contributed by atoms with E-state index in [1.165, 1.54) is 0 Å². The van der Waals surface area contributed by atoms with E-state index in [0.29, 0.717) is 19.3 Å². The Balaban J connectivity index is 2.69. The van der Waals surface area contributed by atoms with Crippen LogP contribution in [0.4, 0.5) is 0 Å². The van der Waals surface area contributed by atoms with Crippen molar-refractivity contribution < 1.29 is 13.0 Å². The Morgan fingerprint density at radius 2 is 1.83 bits per heavy atom. The predicted octanol–water partition coefficient (Wildman–Crippen LogP) is 1.64. The molecule has 3 atom stereocenters. The van der Waals surface area contributed by atoms with Gasteiger partial charge in [0.05, 0.1) is 5.38 Å². The van der Waals surface area contributed by atoms with Crippen molar-refractivity contribution in [2.24, 2.45) is 0 Å². The van der Waals surface area contributed by atoms with Gasteiger partial charge in [-0.15, -0.1) is 23.2 Å². The molecule has 0 spiro atoms. The Bertz CT molecular complexity index is 252. The third-order valence-corrected chi connectivity index (χ3v) is 4.39. The second-order valence-electron chi connectivity index (χ2n) is 2.98. The molecular formula is C6H10Cl2O3S. The summed E-state index contributed by atoms with van der Waals surface area (Å²) in [5, 5.41) is -1.46. The molecule has 1 aliphatic rings. The van der Waals surface area contributed by atoms with E-state index >= 15 is 0 Å². The van der Waals surface area contributed by atoms with Crippen molar-refractivity contribution in [3.63, 3.8) is 0 Å². The largest absolute Gasteiger partial charge is 0.285 e.